The number of aldehydes is 1. The predicted molar refractivity (Wildman–Crippen MR) is 167 cm³/mol. The molecule has 1 atom stereocenters. The number of carbonyl (C=O) groups is 2. The van der Waals surface area contributed by atoms with Crippen LogP contribution in [-0.2, 0) is 34.0 Å². The third-order valence-electron chi connectivity index (χ3n) is 8.96. The summed E-state index contributed by atoms with van der Waals surface area (Å²) in [5.74, 6) is -5.50. The average Bonchev–Trinajstić information content (AvgIpc) is 3.39. The van der Waals surface area contributed by atoms with Gasteiger partial charge in [-0.1, -0.05) is 11.6 Å². The predicted octanol–water partition coefficient (Wildman–Crippen LogP) is 2.93. The van der Waals surface area contributed by atoms with Gasteiger partial charge in [0.25, 0.3) is 5.56 Å². The largest absolute Gasteiger partial charge is 0.504 e. The smallest absolute Gasteiger partial charge is 0.263 e. The van der Waals surface area contributed by atoms with E-state index in [-0.39, 0.29) is 66.0 Å². The molecule has 2 fully saturated rings. The van der Waals surface area contributed by atoms with Crippen LogP contribution in [0.5, 0.6) is 5.75 Å². The van der Waals surface area contributed by atoms with Crippen molar-refractivity contribution < 1.29 is 37.3 Å². The summed E-state index contributed by atoms with van der Waals surface area (Å²) in [6.07, 6.45) is 1.37. The summed E-state index contributed by atoms with van der Waals surface area (Å²) in [5.41, 5.74) is -1.88. The maximum atomic E-state index is 15.2. The number of aromatic hydroxyl groups is 1. The summed E-state index contributed by atoms with van der Waals surface area (Å²) < 4.78 is 58.2. The molecule has 0 spiro atoms. The van der Waals surface area contributed by atoms with Crippen molar-refractivity contribution in [3.05, 3.63) is 62.7 Å². The first-order chi connectivity index (χ1) is 23.0. The van der Waals surface area contributed by atoms with Gasteiger partial charge in [-0.2, -0.15) is 8.78 Å². The summed E-state index contributed by atoms with van der Waals surface area (Å²) in [5, 5.41) is 11.9. The lowest BCUT2D eigenvalue weighted by Gasteiger charge is -2.46. The molecule has 252 valence electrons. The molecule has 48 heavy (non-hydrogen) atoms. The zero-order valence-electron chi connectivity index (χ0n) is 25.5. The van der Waals surface area contributed by atoms with Crippen LogP contribution in [0, 0.1) is 17.6 Å². The monoisotopic (exact) mass is 687 g/mol. The maximum Gasteiger partial charge on any atom is 0.263 e. The highest BCUT2D eigenvalue weighted by Crippen LogP contribution is 2.36. The SMILES string of the molecule is C[C@H]1CN(C2COC2)CCN1c1cc(NC(=O)Cn2cc(-c3cc(C=O)c(O)c(F)c3F)c3c(=O)n4c(nc32)COCC4)c(Cl)c(F)n1. The lowest BCUT2D eigenvalue weighted by Crippen LogP contribution is -2.59. The van der Waals surface area contributed by atoms with Gasteiger partial charge in [0.2, 0.25) is 17.7 Å². The zero-order chi connectivity index (χ0) is 33.9. The summed E-state index contributed by atoms with van der Waals surface area (Å²) in [6.45, 7) is 5.18. The van der Waals surface area contributed by atoms with Crippen LogP contribution >= 0.6 is 11.6 Å². The van der Waals surface area contributed by atoms with Crippen LogP contribution in [0.3, 0.4) is 0 Å². The van der Waals surface area contributed by atoms with Crippen LogP contribution in [0.15, 0.2) is 23.1 Å². The molecule has 7 rings (SSSR count). The number of fused-ring (bicyclic) bond motifs is 2. The van der Waals surface area contributed by atoms with E-state index in [2.05, 4.69) is 20.2 Å². The van der Waals surface area contributed by atoms with Gasteiger partial charge < -0.3 is 29.4 Å². The zero-order valence-corrected chi connectivity index (χ0v) is 26.3. The molecule has 6 heterocycles. The highest BCUT2D eigenvalue weighted by atomic mass is 35.5. The normalized spacial score (nSPS) is 18.5. The van der Waals surface area contributed by atoms with Crippen LogP contribution in [0.1, 0.15) is 23.1 Å². The third-order valence-corrected chi connectivity index (χ3v) is 9.31. The summed E-state index contributed by atoms with van der Waals surface area (Å²) in [7, 11) is 0. The van der Waals surface area contributed by atoms with E-state index in [0.29, 0.717) is 32.3 Å². The van der Waals surface area contributed by atoms with Crippen molar-refractivity contribution in [2.24, 2.45) is 0 Å². The van der Waals surface area contributed by atoms with Gasteiger partial charge in [-0.3, -0.25) is 23.9 Å². The maximum absolute atomic E-state index is 15.2. The molecule has 3 aromatic heterocycles. The molecule has 0 bridgehead atoms. The van der Waals surface area contributed by atoms with Crippen molar-refractivity contribution in [3.8, 4) is 16.9 Å². The molecule has 2 saturated heterocycles. The van der Waals surface area contributed by atoms with E-state index in [1.807, 2.05) is 11.8 Å². The minimum absolute atomic E-state index is 0.00876. The summed E-state index contributed by atoms with van der Waals surface area (Å²) in [4.78, 5) is 51.5. The Morgan fingerprint density at radius 3 is 2.62 bits per heavy atom. The van der Waals surface area contributed by atoms with Crippen molar-refractivity contribution in [2.45, 2.75) is 38.7 Å². The molecule has 0 saturated carbocycles. The average molecular weight is 688 g/mol. The van der Waals surface area contributed by atoms with Gasteiger partial charge in [-0.05, 0) is 13.0 Å². The summed E-state index contributed by atoms with van der Waals surface area (Å²) >= 11 is 6.24. The van der Waals surface area contributed by atoms with Gasteiger partial charge in [0.1, 0.15) is 35.5 Å². The molecule has 2 N–H and O–H groups in total. The van der Waals surface area contributed by atoms with Crippen molar-refractivity contribution in [2.75, 3.05) is 49.7 Å². The fraction of sp³-hybridized carbons (Fsp3) is 0.387. The Labute approximate surface area is 275 Å². The van der Waals surface area contributed by atoms with Gasteiger partial charge in [0, 0.05) is 49.1 Å². The number of pyridine rings is 1. The summed E-state index contributed by atoms with van der Waals surface area (Å²) in [6, 6.07) is 2.72. The van der Waals surface area contributed by atoms with Crippen molar-refractivity contribution >= 4 is 46.3 Å². The van der Waals surface area contributed by atoms with E-state index in [4.69, 9.17) is 21.1 Å². The molecule has 17 heteroatoms. The van der Waals surface area contributed by atoms with Crippen molar-refractivity contribution in [3.63, 3.8) is 0 Å². The molecule has 4 aromatic rings. The number of aromatic nitrogens is 4. The number of benzene rings is 1. The molecule has 1 aromatic carbocycles. The van der Waals surface area contributed by atoms with E-state index in [0.717, 1.165) is 12.6 Å². The second-order valence-corrected chi connectivity index (χ2v) is 12.3. The molecular weight excluding hydrogens is 659 g/mol. The van der Waals surface area contributed by atoms with Gasteiger partial charge in [-0.25, -0.2) is 14.4 Å². The Morgan fingerprint density at radius 2 is 1.92 bits per heavy atom. The second kappa shape index (κ2) is 12.5. The van der Waals surface area contributed by atoms with Gasteiger partial charge >= 0.3 is 0 Å². The number of anilines is 2. The molecule has 1 amide bonds. The lowest BCUT2D eigenvalue weighted by molar-refractivity contribution is -0.116. The fourth-order valence-corrected chi connectivity index (χ4v) is 6.52. The van der Waals surface area contributed by atoms with E-state index in [1.54, 1.807) is 0 Å². The topological polar surface area (TPSA) is 144 Å². The van der Waals surface area contributed by atoms with E-state index in [9.17, 15) is 23.9 Å². The van der Waals surface area contributed by atoms with Crippen LogP contribution in [0.4, 0.5) is 24.7 Å². The number of hydrogen-bond donors (Lipinski definition) is 2. The quantitative estimate of drug-likeness (QED) is 0.220. The molecule has 13 nitrogen and oxygen atoms in total. The van der Waals surface area contributed by atoms with Gasteiger partial charge in [-0.15, -0.1) is 0 Å². The number of nitrogens with one attached hydrogen (secondary N) is 1. The number of hydrogen-bond acceptors (Lipinski definition) is 10. The van der Waals surface area contributed by atoms with Crippen LogP contribution < -0.4 is 15.8 Å². The molecule has 0 unspecified atom stereocenters. The Balaban J connectivity index is 1.23. The van der Waals surface area contributed by atoms with E-state index < -0.39 is 57.5 Å². The number of halogens is 4. The molecule has 3 aliphatic rings. The molecule has 0 radical (unpaired) electrons. The number of phenols is 1. The first-order valence-corrected chi connectivity index (χ1v) is 15.5. The van der Waals surface area contributed by atoms with Crippen LogP contribution in [0.25, 0.3) is 22.2 Å². The van der Waals surface area contributed by atoms with Crippen LogP contribution in [0.2, 0.25) is 5.02 Å². The number of amides is 1. The molecule has 0 aliphatic carbocycles. The van der Waals surface area contributed by atoms with Crippen LogP contribution in [-0.4, -0.2) is 92.8 Å². The number of nitrogens with zero attached hydrogens (tertiary/aromatic N) is 6. The number of carbonyl (C=O) groups excluding carboxylic acids is 2. The Hall–Kier alpha value is -4.51. The lowest BCUT2D eigenvalue weighted by atomic mass is 10.0. The fourth-order valence-electron chi connectivity index (χ4n) is 6.38. The second-order valence-electron chi connectivity index (χ2n) is 11.9. The highest BCUT2D eigenvalue weighted by molar-refractivity contribution is 6.33. The molecular formula is C31H29ClF3N7O6. The van der Waals surface area contributed by atoms with E-state index >= 15 is 8.78 Å². The number of phenolic OH excluding ortho intramolecular Hbond substituents is 1. The first kappa shape index (κ1) is 32.1. The minimum Gasteiger partial charge on any atom is -0.504 e. The Morgan fingerprint density at radius 1 is 1.12 bits per heavy atom. The van der Waals surface area contributed by atoms with Crippen molar-refractivity contribution in [1.82, 2.24) is 24.0 Å². The third kappa shape index (κ3) is 5.47. The number of piperazine rings is 1. The number of ether oxygens (including phenoxy) is 2. The van der Waals surface area contributed by atoms with Gasteiger partial charge in [0.15, 0.2) is 17.9 Å². The first-order valence-electron chi connectivity index (χ1n) is 15.2. The Kier molecular flexibility index (Phi) is 8.35. The van der Waals surface area contributed by atoms with E-state index in [1.165, 1.54) is 21.4 Å². The van der Waals surface area contributed by atoms with Gasteiger partial charge in [0.05, 0.1) is 49.0 Å². The molecule has 3 aliphatic heterocycles. The minimum atomic E-state index is -1.68. The standard InChI is InChI=1S/C31H29ClF3N7O6/c1-15-8-39(17-12-48-13-17)2-3-41(15)21-7-20(25(32)29(35)37-21)36-23(44)10-40-9-19(18-6-16(11-43)28(45)27(34)26(18)33)24-30(40)38-22-14-47-5-4-42(22)31(24)46/h6-7,9,11,15,17,45H,2-5,8,10,12-14H2,1H3,(H,36,37,44)/t15-/m0/s1. The highest BCUT2D eigenvalue weighted by Gasteiger charge is 2.33. The Bertz CT molecular complexity index is 2030. The number of rotatable bonds is 7. The van der Waals surface area contributed by atoms with Crippen molar-refractivity contribution in [1.29, 1.82) is 0 Å².